The molecule has 1 N–H and O–H groups in total. The second-order valence-electron chi connectivity index (χ2n) is 4.30. The van der Waals surface area contributed by atoms with E-state index >= 15 is 0 Å². The van der Waals surface area contributed by atoms with Gasteiger partial charge in [-0.3, -0.25) is 4.79 Å². The number of benzene rings is 2. The quantitative estimate of drug-likeness (QED) is 0.520. The van der Waals surface area contributed by atoms with Gasteiger partial charge in [0.05, 0.1) is 6.26 Å². The van der Waals surface area contributed by atoms with Crippen molar-refractivity contribution in [3.8, 4) is 0 Å². The molecule has 0 aromatic heterocycles. The van der Waals surface area contributed by atoms with E-state index in [1.165, 1.54) is 0 Å². The Hall–Kier alpha value is -2.72. The Bertz CT molecular complexity index is 632. The average molecular weight is 282 g/mol. The van der Waals surface area contributed by atoms with Crippen molar-refractivity contribution >= 4 is 17.8 Å². The first-order valence-electron chi connectivity index (χ1n) is 6.38. The number of carbonyl (C=O) groups excluding carboxylic acids is 2. The number of Topliss-reactive ketones (excluding diaryl/α,β-unsaturated/α-hetero) is 1. The molecule has 0 heterocycles. The first kappa shape index (κ1) is 14.7. The van der Waals surface area contributed by atoms with Gasteiger partial charge in [0.2, 0.25) is 0 Å². The summed E-state index contributed by atoms with van der Waals surface area (Å²) < 4.78 is 4.72. The summed E-state index contributed by atoms with van der Waals surface area (Å²) in [4.78, 5) is 23.3. The van der Waals surface area contributed by atoms with Gasteiger partial charge in [-0.25, -0.2) is 4.79 Å². The number of aliphatic hydroxyl groups is 1. The molecule has 0 aliphatic heterocycles. The molecule has 0 saturated carbocycles. The third-order valence-electron chi connectivity index (χ3n) is 2.80. The average Bonchev–Trinajstić information content (AvgIpc) is 2.55. The summed E-state index contributed by atoms with van der Waals surface area (Å²) in [5, 5.41) is 9.80. The molecule has 0 spiro atoms. The number of aliphatic hydroxyl groups excluding tert-OH is 1. The smallest absolute Gasteiger partial charge is 0.382 e. The molecule has 2 rings (SSSR count). The fourth-order valence-electron chi connectivity index (χ4n) is 1.69. The minimum absolute atomic E-state index is 0.353. The van der Waals surface area contributed by atoms with E-state index in [-0.39, 0.29) is 0 Å². The van der Waals surface area contributed by atoms with Crippen molar-refractivity contribution in [2.75, 3.05) is 0 Å². The van der Waals surface area contributed by atoms with Crippen LogP contribution >= 0.6 is 0 Å². The topological polar surface area (TPSA) is 63.6 Å². The molecule has 0 aliphatic carbocycles. The molecule has 0 radical (unpaired) electrons. The number of hydrogen-bond donors (Lipinski definition) is 1. The minimum Gasteiger partial charge on any atom is -0.429 e. The molecule has 4 heteroatoms. The van der Waals surface area contributed by atoms with Crippen LogP contribution in [0.4, 0.5) is 0 Å². The summed E-state index contributed by atoms with van der Waals surface area (Å²) in [6.45, 7) is 0. The molecule has 106 valence electrons. The lowest BCUT2D eigenvalue weighted by Crippen LogP contribution is -2.22. The van der Waals surface area contributed by atoms with Crippen LogP contribution in [0.1, 0.15) is 17.2 Å². The van der Waals surface area contributed by atoms with Crippen LogP contribution in [0.25, 0.3) is 6.08 Å². The van der Waals surface area contributed by atoms with Crippen LogP contribution in [-0.2, 0) is 14.3 Å². The molecule has 2 aromatic carbocycles. The lowest BCUT2D eigenvalue weighted by molar-refractivity contribution is -0.153. The Kier molecular flexibility index (Phi) is 5.01. The molecule has 2 aromatic rings. The van der Waals surface area contributed by atoms with Gasteiger partial charge in [-0.15, -0.1) is 0 Å². The number of ether oxygens (including phenoxy) is 1. The van der Waals surface area contributed by atoms with Crippen LogP contribution in [0.3, 0.4) is 0 Å². The lowest BCUT2D eigenvalue weighted by atomic mass is 10.1. The first-order valence-corrected chi connectivity index (χ1v) is 6.38. The number of ketones is 1. The Labute approximate surface area is 122 Å². The monoisotopic (exact) mass is 282 g/mol. The summed E-state index contributed by atoms with van der Waals surface area (Å²) >= 11 is 0. The van der Waals surface area contributed by atoms with Gasteiger partial charge in [-0.1, -0.05) is 60.7 Å². The second kappa shape index (κ2) is 7.17. The van der Waals surface area contributed by atoms with Gasteiger partial charge in [0.25, 0.3) is 5.78 Å². The Morgan fingerprint density at radius 3 is 2.14 bits per heavy atom. The van der Waals surface area contributed by atoms with Crippen molar-refractivity contribution in [2.45, 2.75) is 6.10 Å². The van der Waals surface area contributed by atoms with Crippen molar-refractivity contribution < 1.29 is 19.4 Å². The van der Waals surface area contributed by atoms with Crippen LogP contribution < -0.4 is 0 Å². The molecule has 0 amide bonds. The molecular formula is C17H14O4. The van der Waals surface area contributed by atoms with Crippen LogP contribution in [0.2, 0.25) is 0 Å². The Balaban J connectivity index is 1.94. The zero-order valence-electron chi connectivity index (χ0n) is 11.2. The van der Waals surface area contributed by atoms with Gasteiger partial charge in [-0.05, 0) is 17.2 Å². The second-order valence-corrected chi connectivity index (χ2v) is 4.30. The molecule has 0 saturated heterocycles. The summed E-state index contributed by atoms with van der Waals surface area (Å²) in [5.74, 6) is -2.10. The largest absolute Gasteiger partial charge is 0.429 e. The number of carbonyl (C=O) groups is 2. The van der Waals surface area contributed by atoms with E-state index in [4.69, 9.17) is 4.74 Å². The molecular weight excluding hydrogens is 268 g/mol. The predicted molar refractivity (Wildman–Crippen MR) is 78.0 cm³/mol. The van der Waals surface area contributed by atoms with Gasteiger partial charge in [0, 0.05) is 0 Å². The Morgan fingerprint density at radius 2 is 1.52 bits per heavy atom. The number of esters is 1. The van der Waals surface area contributed by atoms with Crippen molar-refractivity contribution in [1.82, 2.24) is 0 Å². The highest BCUT2D eigenvalue weighted by molar-refractivity contribution is 6.35. The number of rotatable bonds is 5. The van der Waals surface area contributed by atoms with Crippen LogP contribution in [0.5, 0.6) is 0 Å². The maximum Gasteiger partial charge on any atom is 0.382 e. The zero-order chi connectivity index (χ0) is 15.1. The van der Waals surface area contributed by atoms with Gasteiger partial charge in [0.1, 0.15) is 6.10 Å². The maximum atomic E-state index is 11.7. The van der Waals surface area contributed by atoms with Crippen molar-refractivity contribution in [3.05, 3.63) is 78.1 Å². The zero-order valence-corrected chi connectivity index (χ0v) is 11.2. The highest BCUT2D eigenvalue weighted by Gasteiger charge is 2.25. The minimum atomic E-state index is -1.51. The molecule has 21 heavy (non-hydrogen) atoms. The van der Waals surface area contributed by atoms with Crippen LogP contribution in [0.15, 0.2) is 66.9 Å². The molecule has 0 aliphatic rings. The van der Waals surface area contributed by atoms with Gasteiger partial charge in [0.15, 0.2) is 0 Å². The third kappa shape index (κ3) is 4.12. The van der Waals surface area contributed by atoms with Gasteiger partial charge < -0.3 is 9.84 Å². The van der Waals surface area contributed by atoms with E-state index < -0.39 is 17.9 Å². The lowest BCUT2D eigenvalue weighted by Gasteiger charge is -2.07. The maximum absolute atomic E-state index is 11.7. The van der Waals surface area contributed by atoms with E-state index in [0.717, 1.165) is 11.8 Å². The molecule has 1 atom stereocenters. The predicted octanol–water partition coefficient (Wildman–Crippen LogP) is 2.50. The number of hydrogen-bond acceptors (Lipinski definition) is 4. The molecule has 4 nitrogen and oxygen atoms in total. The van der Waals surface area contributed by atoms with E-state index in [1.54, 1.807) is 36.4 Å². The van der Waals surface area contributed by atoms with Crippen molar-refractivity contribution in [1.29, 1.82) is 0 Å². The first-order chi connectivity index (χ1) is 10.2. The van der Waals surface area contributed by atoms with Gasteiger partial charge in [-0.2, -0.15) is 0 Å². The van der Waals surface area contributed by atoms with Crippen LogP contribution in [0, 0.1) is 0 Å². The SMILES string of the molecule is O=C(OC=Cc1ccccc1)C(=O)C(O)c1ccccc1. The Morgan fingerprint density at radius 1 is 0.952 bits per heavy atom. The highest BCUT2D eigenvalue weighted by atomic mass is 16.5. The van der Waals surface area contributed by atoms with Crippen molar-refractivity contribution in [3.63, 3.8) is 0 Å². The van der Waals surface area contributed by atoms with E-state index in [1.807, 2.05) is 30.3 Å². The van der Waals surface area contributed by atoms with Crippen LogP contribution in [-0.4, -0.2) is 16.9 Å². The third-order valence-corrected chi connectivity index (χ3v) is 2.80. The standard InChI is InChI=1S/C17H14O4/c18-15(14-9-5-2-6-10-14)16(19)17(20)21-12-11-13-7-3-1-4-8-13/h1-12,15,18H. The molecule has 0 bridgehead atoms. The molecule has 1 unspecified atom stereocenters. The van der Waals surface area contributed by atoms with Crippen molar-refractivity contribution in [2.24, 2.45) is 0 Å². The molecule has 0 fully saturated rings. The van der Waals surface area contributed by atoms with E-state index in [2.05, 4.69) is 0 Å². The van der Waals surface area contributed by atoms with E-state index in [0.29, 0.717) is 5.56 Å². The fraction of sp³-hybridized carbons (Fsp3) is 0.0588. The normalized spacial score (nSPS) is 12.0. The van der Waals surface area contributed by atoms with Gasteiger partial charge >= 0.3 is 5.97 Å². The summed E-state index contributed by atoms with van der Waals surface area (Å²) in [6.07, 6.45) is 1.18. The summed E-state index contributed by atoms with van der Waals surface area (Å²) in [6, 6.07) is 17.4. The van der Waals surface area contributed by atoms with E-state index in [9.17, 15) is 14.7 Å². The summed E-state index contributed by atoms with van der Waals surface area (Å²) in [5.41, 5.74) is 1.19. The fourth-order valence-corrected chi connectivity index (χ4v) is 1.69. The summed E-state index contributed by atoms with van der Waals surface area (Å²) in [7, 11) is 0. The highest BCUT2D eigenvalue weighted by Crippen LogP contribution is 2.13.